The summed E-state index contributed by atoms with van der Waals surface area (Å²) in [7, 11) is 0. The van der Waals surface area contributed by atoms with Crippen molar-refractivity contribution in [3.63, 3.8) is 0 Å². The SMILES string of the molecule is C#CCNCC(=O)Nc1ccc(Br)c(C(=O)O)c1. The van der Waals surface area contributed by atoms with Crippen LogP contribution in [0.2, 0.25) is 0 Å². The Bertz CT molecular complexity index is 509. The quantitative estimate of drug-likeness (QED) is 0.566. The van der Waals surface area contributed by atoms with Crippen LogP contribution in [0, 0.1) is 12.3 Å². The average Bonchev–Trinajstić information content (AvgIpc) is 2.31. The molecule has 1 amide bonds. The number of hydrogen-bond acceptors (Lipinski definition) is 3. The monoisotopic (exact) mass is 310 g/mol. The number of carbonyl (C=O) groups excluding carboxylic acids is 1. The van der Waals surface area contributed by atoms with E-state index in [1.165, 1.54) is 6.07 Å². The van der Waals surface area contributed by atoms with Gasteiger partial charge in [0.1, 0.15) is 0 Å². The number of aromatic carboxylic acids is 1. The summed E-state index contributed by atoms with van der Waals surface area (Å²) < 4.78 is 0.457. The van der Waals surface area contributed by atoms with Gasteiger partial charge in [0.15, 0.2) is 0 Å². The first-order chi connectivity index (χ1) is 8.54. The third kappa shape index (κ3) is 4.20. The fourth-order valence-corrected chi connectivity index (χ4v) is 1.64. The Morgan fingerprint density at radius 2 is 2.17 bits per heavy atom. The molecule has 0 radical (unpaired) electrons. The Kier molecular flexibility index (Phi) is 5.36. The minimum absolute atomic E-state index is 0.0721. The van der Waals surface area contributed by atoms with E-state index in [4.69, 9.17) is 11.5 Å². The number of hydrogen-bond donors (Lipinski definition) is 3. The molecule has 0 aromatic heterocycles. The van der Waals surface area contributed by atoms with E-state index in [0.717, 1.165) is 0 Å². The molecule has 6 heteroatoms. The second-order valence-corrected chi connectivity index (χ2v) is 4.21. The molecule has 0 atom stereocenters. The highest BCUT2D eigenvalue weighted by molar-refractivity contribution is 9.10. The summed E-state index contributed by atoms with van der Waals surface area (Å²) in [6, 6.07) is 4.55. The maximum absolute atomic E-state index is 11.5. The molecule has 1 aromatic carbocycles. The Balaban J connectivity index is 2.68. The van der Waals surface area contributed by atoms with E-state index in [9.17, 15) is 9.59 Å². The topological polar surface area (TPSA) is 78.4 Å². The van der Waals surface area contributed by atoms with Gasteiger partial charge in [-0.3, -0.25) is 10.1 Å². The maximum Gasteiger partial charge on any atom is 0.336 e. The lowest BCUT2D eigenvalue weighted by Crippen LogP contribution is -2.28. The van der Waals surface area contributed by atoms with Crippen LogP contribution in [0.25, 0.3) is 0 Å². The van der Waals surface area contributed by atoms with E-state index in [0.29, 0.717) is 16.7 Å². The van der Waals surface area contributed by atoms with Crippen molar-refractivity contribution in [2.24, 2.45) is 0 Å². The number of carboxylic acids is 1. The van der Waals surface area contributed by atoms with Crippen molar-refractivity contribution < 1.29 is 14.7 Å². The molecule has 18 heavy (non-hydrogen) atoms. The molecule has 94 valence electrons. The summed E-state index contributed by atoms with van der Waals surface area (Å²) in [4.78, 5) is 22.3. The molecule has 0 unspecified atom stereocenters. The van der Waals surface area contributed by atoms with Crippen molar-refractivity contribution in [3.05, 3.63) is 28.2 Å². The smallest absolute Gasteiger partial charge is 0.336 e. The van der Waals surface area contributed by atoms with E-state index in [1.807, 2.05) is 0 Å². The number of carbonyl (C=O) groups is 2. The molecule has 3 N–H and O–H groups in total. The van der Waals surface area contributed by atoms with Crippen molar-refractivity contribution in [1.29, 1.82) is 0 Å². The fraction of sp³-hybridized carbons (Fsp3) is 0.167. The molecular weight excluding hydrogens is 300 g/mol. The molecule has 0 spiro atoms. The Morgan fingerprint density at radius 3 is 2.78 bits per heavy atom. The summed E-state index contributed by atoms with van der Waals surface area (Å²) in [5.41, 5.74) is 0.507. The van der Waals surface area contributed by atoms with Crippen LogP contribution in [0.4, 0.5) is 5.69 Å². The van der Waals surface area contributed by atoms with Gasteiger partial charge in [-0.2, -0.15) is 0 Å². The minimum Gasteiger partial charge on any atom is -0.478 e. The highest BCUT2D eigenvalue weighted by Gasteiger charge is 2.10. The Hall–Kier alpha value is -1.84. The molecule has 1 aromatic rings. The number of nitrogens with one attached hydrogen (secondary N) is 2. The summed E-state index contributed by atoms with van der Waals surface area (Å²) in [5, 5.41) is 14.2. The van der Waals surface area contributed by atoms with Crippen molar-refractivity contribution in [3.8, 4) is 12.3 Å². The predicted octanol–water partition coefficient (Wildman–Crippen LogP) is 1.31. The Labute approximate surface area is 113 Å². The normalized spacial score (nSPS) is 9.56. The van der Waals surface area contributed by atoms with Crippen molar-refractivity contribution >= 4 is 33.5 Å². The summed E-state index contributed by atoms with van der Waals surface area (Å²) >= 11 is 3.12. The maximum atomic E-state index is 11.5. The molecule has 0 saturated carbocycles. The molecule has 0 aliphatic heterocycles. The van der Waals surface area contributed by atoms with Crippen LogP contribution < -0.4 is 10.6 Å². The van der Waals surface area contributed by atoms with Crippen LogP contribution in [0.15, 0.2) is 22.7 Å². The van der Waals surface area contributed by atoms with Gasteiger partial charge in [0.25, 0.3) is 0 Å². The van der Waals surface area contributed by atoms with Crippen LogP contribution in [-0.2, 0) is 4.79 Å². The number of carboxylic acid groups (broad SMARTS) is 1. The predicted molar refractivity (Wildman–Crippen MR) is 71.4 cm³/mol. The zero-order chi connectivity index (χ0) is 13.5. The number of halogens is 1. The van der Waals surface area contributed by atoms with E-state index in [1.54, 1.807) is 12.1 Å². The fourth-order valence-electron chi connectivity index (χ4n) is 1.22. The molecule has 0 bridgehead atoms. The molecular formula is C12H11BrN2O3. The molecule has 0 aliphatic rings. The first-order valence-corrected chi connectivity index (χ1v) is 5.80. The van der Waals surface area contributed by atoms with Gasteiger partial charge in [0.05, 0.1) is 18.7 Å². The zero-order valence-corrected chi connectivity index (χ0v) is 11.0. The van der Waals surface area contributed by atoms with Crippen LogP contribution in [0.3, 0.4) is 0 Å². The van der Waals surface area contributed by atoms with Crippen molar-refractivity contribution in [1.82, 2.24) is 5.32 Å². The van der Waals surface area contributed by atoms with Gasteiger partial charge in [0.2, 0.25) is 5.91 Å². The van der Waals surface area contributed by atoms with E-state index < -0.39 is 5.97 Å². The van der Waals surface area contributed by atoms with Crippen LogP contribution in [-0.4, -0.2) is 30.1 Å². The molecule has 0 aliphatic carbocycles. The number of anilines is 1. The van der Waals surface area contributed by atoms with Crippen LogP contribution in [0.5, 0.6) is 0 Å². The van der Waals surface area contributed by atoms with Gasteiger partial charge in [-0.1, -0.05) is 5.92 Å². The Morgan fingerprint density at radius 1 is 1.44 bits per heavy atom. The third-order valence-electron chi connectivity index (χ3n) is 1.99. The molecule has 1 rings (SSSR count). The van der Waals surface area contributed by atoms with Gasteiger partial charge in [-0.15, -0.1) is 6.42 Å². The molecule has 5 nitrogen and oxygen atoms in total. The molecule has 0 saturated heterocycles. The van der Waals surface area contributed by atoms with E-state index >= 15 is 0 Å². The van der Waals surface area contributed by atoms with Gasteiger partial charge < -0.3 is 10.4 Å². The second kappa shape index (κ2) is 6.79. The summed E-state index contributed by atoms with van der Waals surface area (Å²) in [6.45, 7) is 0.372. The van der Waals surface area contributed by atoms with Gasteiger partial charge >= 0.3 is 5.97 Å². The number of amides is 1. The van der Waals surface area contributed by atoms with E-state index in [-0.39, 0.29) is 18.0 Å². The van der Waals surface area contributed by atoms with Gasteiger partial charge in [-0.05, 0) is 34.1 Å². The minimum atomic E-state index is -1.07. The summed E-state index contributed by atoms with van der Waals surface area (Å²) in [6.07, 6.45) is 5.02. The lowest BCUT2D eigenvalue weighted by Gasteiger charge is -2.07. The zero-order valence-electron chi connectivity index (χ0n) is 9.37. The van der Waals surface area contributed by atoms with Crippen molar-refractivity contribution in [2.45, 2.75) is 0 Å². The first kappa shape index (κ1) is 14.2. The van der Waals surface area contributed by atoms with Crippen LogP contribution >= 0.6 is 15.9 Å². The van der Waals surface area contributed by atoms with Crippen LogP contribution in [0.1, 0.15) is 10.4 Å². The largest absolute Gasteiger partial charge is 0.478 e. The highest BCUT2D eigenvalue weighted by Crippen LogP contribution is 2.21. The average molecular weight is 311 g/mol. The number of benzene rings is 1. The van der Waals surface area contributed by atoms with Gasteiger partial charge in [-0.25, -0.2) is 4.79 Å². The van der Waals surface area contributed by atoms with Gasteiger partial charge in [0, 0.05) is 10.2 Å². The molecule has 0 heterocycles. The van der Waals surface area contributed by atoms with Crippen molar-refractivity contribution in [2.75, 3.05) is 18.4 Å². The highest BCUT2D eigenvalue weighted by atomic mass is 79.9. The first-order valence-electron chi connectivity index (χ1n) is 5.01. The lowest BCUT2D eigenvalue weighted by molar-refractivity contribution is -0.115. The summed E-state index contributed by atoms with van der Waals surface area (Å²) in [5.74, 6) is 0.989. The number of rotatable bonds is 5. The third-order valence-corrected chi connectivity index (χ3v) is 2.68. The number of terminal acetylenes is 1. The lowest BCUT2D eigenvalue weighted by atomic mass is 10.2. The molecule has 0 fully saturated rings. The second-order valence-electron chi connectivity index (χ2n) is 3.36. The standard InChI is InChI=1S/C12H11BrN2O3/c1-2-5-14-7-11(16)15-8-3-4-10(13)9(6-8)12(17)18/h1,3-4,6,14H,5,7H2,(H,15,16)(H,17,18). The van der Waals surface area contributed by atoms with E-state index in [2.05, 4.69) is 32.5 Å².